The van der Waals surface area contributed by atoms with Crippen LogP contribution in [0.5, 0.6) is 0 Å². The van der Waals surface area contributed by atoms with Gasteiger partial charge in [-0.2, -0.15) is 11.8 Å². The second kappa shape index (κ2) is 7.86. The normalized spacial score (nSPS) is 10.6. The molecule has 1 amide bonds. The first-order valence-corrected chi connectivity index (χ1v) is 5.57. The second-order valence-corrected chi connectivity index (χ2v) is 4.32. The van der Waals surface area contributed by atoms with Crippen LogP contribution >= 0.6 is 11.8 Å². The second-order valence-electron chi connectivity index (χ2n) is 3.23. The van der Waals surface area contributed by atoms with E-state index in [4.69, 9.17) is 0 Å². The number of thioether (sulfide) groups is 1. The number of benzene rings is 1. The van der Waals surface area contributed by atoms with Crippen LogP contribution in [0.3, 0.4) is 0 Å². The SMILES string of the molecule is CC(=O)Nc1ccc(SC[B-](F)(F)F)cc1.[K+]. The molecule has 0 saturated carbocycles. The number of carbonyl (C=O) groups is 1. The van der Waals surface area contributed by atoms with Gasteiger partial charge in [0.05, 0.1) is 0 Å². The van der Waals surface area contributed by atoms with Crippen molar-refractivity contribution < 1.29 is 69.1 Å². The molecule has 8 heteroatoms. The van der Waals surface area contributed by atoms with E-state index in [2.05, 4.69) is 5.32 Å². The Morgan fingerprint density at radius 1 is 1.29 bits per heavy atom. The van der Waals surface area contributed by atoms with Gasteiger partial charge in [0.2, 0.25) is 5.91 Å². The Morgan fingerprint density at radius 2 is 1.82 bits per heavy atom. The predicted molar refractivity (Wildman–Crippen MR) is 60.5 cm³/mol. The summed E-state index contributed by atoms with van der Waals surface area (Å²) in [5.74, 6) is -0.209. The van der Waals surface area contributed by atoms with Gasteiger partial charge >= 0.3 is 58.4 Å². The zero-order valence-electron chi connectivity index (χ0n) is 9.54. The molecule has 0 aromatic heterocycles. The molecule has 2 nitrogen and oxygen atoms in total. The quantitative estimate of drug-likeness (QED) is 0.630. The summed E-state index contributed by atoms with van der Waals surface area (Å²) < 4.78 is 35.9. The van der Waals surface area contributed by atoms with Crippen molar-refractivity contribution >= 4 is 30.3 Å². The molecule has 0 unspecified atom stereocenters. The Morgan fingerprint density at radius 3 is 2.24 bits per heavy atom. The maximum atomic E-state index is 12.0. The third kappa shape index (κ3) is 8.28. The van der Waals surface area contributed by atoms with Crippen LogP contribution in [0.25, 0.3) is 0 Å². The van der Waals surface area contributed by atoms with Gasteiger partial charge in [-0.25, -0.2) is 0 Å². The van der Waals surface area contributed by atoms with E-state index in [1.54, 1.807) is 24.3 Å². The molecule has 0 spiro atoms. The molecule has 0 bridgehead atoms. The summed E-state index contributed by atoms with van der Waals surface area (Å²) >= 11 is 0.745. The molecule has 1 N–H and O–H groups in total. The number of carbonyl (C=O) groups excluding carboxylic acids is 1. The van der Waals surface area contributed by atoms with Gasteiger partial charge in [-0.05, 0) is 29.9 Å². The maximum Gasteiger partial charge on any atom is 1.00 e. The first-order chi connectivity index (χ1) is 7.37. The molecular formula is C9H10BF3KNOS. The molecule has 0 heterocycles. The smallest absolute Gasteiger partial charge is 0.448 e. The van der Waals surface area contributed by atoms with Gasteiger partial charge < -0.3 is 18.3 Å². The molecule has 88 valence electrons. The van der Waals surface area contributed by atoms with Gasteiger partial charge in [0.1, 0.15) is 0 Å². The van der Waals surface area contributed by atoms with Gasteiger partial charge in [0.25, 0.3) is 0 Å². The standard InChI is InChI=1S/C9H10BF3NOS.K/c1-7(15)14-8-2-4-9(5-3-8)16-6-10(11,12)13;/h2-5H,6H2,1H3,(H,14,15);/q-1;+1. The average Bonchev–Trinajstić information content (AvgIpc) is 2.14. The molecule has 1 aromatic carbocycles. The molecule has 17 heavy (non-hydrogen) atoms. The van der Waals surface area contributed by atoms with Crippen LogP contribution in [-0.2, 0) is 4.79 Å². The Balaban J connectivity index is 0.00000256. The number of hydrogen-bond donors (Lipinski definition) is 1. The Kier molecular flexibility index (Phi) is 8.10. The summed E-state index contributed by atoms with van der Waals surface area (Å²) in [7, 11) is 0. The number of nitrogens with one attached hydrogen (secondary N) is 1. The van der Waals surface area contributed by atoms with E-state index in [0.717, 1.165) is 11.8 Å². The molecular weight excluding hydrogens is 277 g/mol. The van der Waals surface area contributed by atoms with E-state index in [-0.39, 0.29) is 57.3 Å². The summed E-state index contributed by atoms with van der Waals surface area (Å²) in [6.07, 6.45) is 0. The first kappa shape index (κ1) is 17.5. The fourth-order valence-corrected chi connectivity index (χ4v) is 1.74. The largest absolute Gasteiger partial charge is 1.00 e. The molecule has 0 aliphatic rings. The summed E-state index contributed by atoms with van der Waals surface area (Å²) in [6, 6.07) is 6.26. The summed E-state index contributed by atoms with van der Waals surface area (Å²) in [4.78, 5) is 11.2. The molecule has 0 aliphatic carbocycles. The van der Waals surface area contributed by atoms with Gasteiger partial charge in [0.15, 0.2) is 0 Å². The van der Waals surface area contributed by atoms with Crippen LogP contribution in [0.15, 0.2) is 29.2 Å². The fourth-order valence-electron chi connectivity index (χ4n) is 1.03. The monoisotopic (exact) mass is 287 g/mol. The van der Waals surface area contributed by atoms with Gasteiger partial charge in [-0.1, -0.05) is 0 Å². The number of halogens is 3. The third-order valence-electron chi connectivity index (χ3n) is 1.61. The molecule has 0 aliphatic heterocycles. The van der Waals surface area contributed by atoms with Crippen LogP contribution in [-0.4, -0.2) is 18.5 Å². The Labute approximate surface area is 145 Å². The van der Waals surface area contributed by atoms with Gasteiger partial charge in [0, 0.05) is 17.5 Å². The van der Waals surface area contributed by atoms with E-state index < -0.39 is 12.6 Å². The third-order valence-corrected chi connectivity index (χ3v) is 2.76. The number of hydrogen-bond acceptors (Lipinski definition) is 2. The molecule has 0 fully saturated rings. The minimum Gasteiger partial charge on any atom is -0.448 e. The van der Waals surface area contributed by atoms with E-state index in [1.807, 2.05) is 0 Å². The number of amides is 1. The molecule has 0 atom stereocenters. The van der Waals surface area contributed by atoms with Crippen molar-refractivity contribution in [3.05, 3.63) is 24.3 Å². The molecule has 0 radical (unpaired) electrons. The number of anilines is 1. The van der Waals surface area contributed by atoms with E-state index in [1.165, 1.54) is 6.92 Å². The predicted octanol–water partition coefficient (Wildman–Crippen LogP) is 0.128. The van der Waals surface area contributed by atoms with Crippen molar-refractivity contribution in [3.8, 4) is 0 Å². The number of rotatable bonds is 4. The maximum absolute atomic E-state index is 12.0. The summed E-state index contributed by atoms with van der Waals surface area (Å²) in [5.41, 5.74) is -0.270. The van der Waals surface area contributed by atoms with Crippen molar-refractivity contribution in [1.82, 2.24) is 0 Å². The topological polar surface area (TPSA) is 29.1 Å². The summed E-state index contributed by atoms with van der Waals surface area (Å²) in [5, 5.41) is 2.54. The van der Waals surface area contributed by atoms with Crippen LogP contribution in [0.4, 0.5) is 18.6 Å². The first-order valence-electron chi connectivity index (χ1n) is 4.58. The Bertz CT molecular complexity index is 371. The van der Waals surface area contributed by atoms with Crippen LogP contribution in [0, 0.1) is 0 Å². The van der Waals surface area contributed by atoms with Crippen LogP contribution in [0.2, 0.25) is 0 Å². The van der Waals surface area contributed by atoms with Crippen molar-refractivity contribution in [2.75, 3.05) is 11.0 Å². The van der Waals surface area contributed by atoms with Crippen molar-refractivity contribution in [2.24, 2.45) is 0 Å². The average molecular weight is 287 g/mol. The molecule has 0 saturated heterocycles. The zero-order valence-corrected chi connectivity index (χ0v) is 13.5. The summed E-state index contributed by atoms with van der Waals surface area (Å²) in [6.45, 7) is -3.39. The molecule has 1 aromatic rings. The fraction of sp³-hybridized carbons (Fsp3) is 0.222. The molecule has 1 rings (SSSR count). The van der Waals surface area contributed by atoms with E-state index >= 15 is 0 Å². The van der Waals surface area contributed by atoms with Gasteiger partial charge in [-0.3, -0.25) is 4.79 Å². The minimum atomic E-state index is -4.76. The van der Waals surface area contributed by atoms with Crippen LogP contribution in [0.1, 0.15) is 6.92 Å². The van der Waals surface area contributed by atoms with Crippen molar-refractivity contribution in [2.45, 2.75) is 11.8 Å². The Hall–Kier alpha value is 0.531. The van der Waals surface area contributed by atoms with Crippen molar-refractivity contribution in [3.63, 3.8) is 0 Å². The minimum absolute atomic E-state index is 0. The van der Waals surface area contributed by atoms with Crippen molar-refractivity contribution in [1.29, 1.82) is 0 Å². The zero-order chi connectivity index (χ0) is 12.2. The van der Waals surface area contributed by atoms with Gasteiger partial charge in [-0.15, -0.1) is 0 Å². The van der Waals surface area contributed by atoms with Crippen LogP contribution < -0.4 is 56.7 Å². The van der Waals surface area contributed by atoms with E-state index in [9.17, 15) is 17.7 Å². The van der Waals surface area contributed by atoms with E-state index in [0.29, 0.717) is 10.6 Å².